The van der Waals surface area contributed by atoms with E-state index in [2.05, 4.69) is 9.97 Å². The summed E-state index contributed by atoms with van der Waals surface area (Å²) in [6, 6.07) is 4.06. The number of hydrogen-bond acceptors (Lipinski definition) is 6. The number of carbonyl (C=O) groups is 1. The second kappa shape index (κ2) is 7.17. The Bertz CT molecular complexity index is 960. The lowest BCUT2D eigenvalue weighted by atomic mass is 9.85. The Balaban J connectivity index is 1.86. The highest BCUT2D eigenvalue weighted by Gasteiger charge is 2.40. The number of carbonyl (C=O) groups excluding carboxylic acids is 1. The Morgan fingerprint density at radius 1 is 1.29 bits per heavy atom. The molecule has 0 fully saturated rings. The lowest BCUT2D eigenvalue weighted by molar-refractivity contribution is -0.385. The topological polar surface area (TPSA) is 95.2 Å². The van der Waals surface area contributed by atoms with Gasteiger partial charge in [0, 0.05) is 17.3 Å². The van der Waals surface area contributed by atoms with Gasteiger partial charge in [0.15, 0.2) is 5.69 Å². The molecule has 1 atom stereocenters. The number of fused-ring (bicyclic) bond motifs is 1. The summed E-state index contributed by atoms with van der Waals surface area (Å²) in [6.07, 6.45) is -4.39. The summed E-state index contributed by atoms with van der Waals surface area (Å²) in [5, 5.41) is 11.0. The van der Waals surface area contributed by atoms with Gasteiger partial charge in [-0.1, -0.05) is 6.07 Å². The molecule has 0 saturated heterocycles. The smallest absolute Gasteiger partial charge is 0.426 e. The second-order valence-electron chi connectivity index (χ2n) is 6.56. The van der Waals surface area contributed by atoms with Gasteiger partial charge in [0.1, 0.15) is 11.6 Å². The summed E-state index contributed by atoms with van der Waals surface area (Å²) >= 11 is 0. The van der Waals surface area contributed by atoms with Crippen molar-refractivity contribution in [2.24, 2.45) is 5.92 Å². The first-order valence-corrected chi connectivity index (χ1v) is 8.47. The van der Waals surface area contributed by atoms with Gasteiger partial charge in [-0.2, -0.15) is 13.2 Å². The number of hydrogen-bond donors (Lipinski definition) is 0. The number of nitro benzene ring substituents is 1. The molecule has 0 amide bonds. The van der Waals surface area contributed by atoms with Crippen LogP contribution in [0, 0.1) is 29.9 Å². The summed E-state index contributed by atoms with van der Waals surface area (Å²) in [7, 11) is 0. The van der Waals surface area contributed by atoms with Gasteiger partial charge in [-0.25, -0.2) is 9.97 Å². The van der Waals surface area contributed by atoms with Crippen LogP contribution in [0.15, 0.2) is 18.2 Å². The standard InChI is InChI=1S/C18H16F3N3O4/c1-9-14(24(26)27)4-3-5-15(9)28-17(25)11-6-7-13-12(8-11)16(18(19,20)21)23-10(2)22-13/h3-5,11H,6-8H2,1-2H3/t11-/m0/s1. The van der Waals surface area contributed by atoms with E-state index in [1.165, 1.54) is 32.0 Å². The monoisotopic (exact) mass is 395 g/mol. The van der Waals surface area contributed by atoms with Gasteiger partial charge in [0.2, 0.25) is 0 Å². The molecule has 2 aromatic rings. The second-order valence-corrected chi connectivity index (χ2v) is 6.56. The highest BCUT2D eigenvalue weighted by molar-refractivity contribution is 5.76. The normalized spacial score (nSPS) is 16.4. The third kappa shape index (κ3) is 3.80. The van der Waals surface area contributed by atoms with Crippen molar-refractivity contribution in [3.63, 3.8) is 0 Å². The molecule has 0 N–H and O–H groups in total. The predicted octanol–water partition coefficient (Wildman–Crippen LogP) is 3.73. The SMILES string of the molecule is Cc1nc2c(c(C(F)(F)F)n1)C[C@@H](C(=O)Oc1cccc([N+](=O)[O-])c1C)CC2. The van der Waals surface area contributed by atoms with Gasteiger partial charge in [0.25, 0.3) is 5.69 Å². The molecule has 10 heteroatoms. The average molecular weight is 395 g/mol. The lowest BCUT2D eigenvalue weighted by Gasteiger charge is -2.25. The molecule has 1 aliphatic rings. The van der Waals surface area contributed by atoms with Crippen LogP contribution in [0.4, 0.5) is 18.9 Å². The minimum atomic E-state index is -4.65. The van der Waals surface area contributed by atoms with Gasteiger partial charge in [0.05, 0.1) is 16.4 Å². The number of nitrogens with zero attached hydrogens (tertiary/aromatic N) is 3. The van der Waals surface area contributed by atoms with Crippen molar-refractivity contribution >= 4 is 11.7 Å². The van der Waals surface area contributed by atoms with E-state index in [1.54, 1.807) is 0 Å². The van der Waals surface area contributed by atoms with Crippen LogP contribution in [0.2, 0.25) is 0 Å². The molecule has 1 aromatic carbocycles. The van der Waals surface area contributed by atoms with Crippen molar-refractivity contribution in [2.45, 2.75) is 39.3 Å². The molecule has 0 spiro atoms. The van der Waals surface area contributed by atoms with Crippen LogP contribution in [-0.2, 0) is 23.8 Å². The first kappa shape index (κ1) is 19.7. The molecule has 1 heterocycles. The summed E-state index contributed by atoms with van der Waals surface area (Å²) < 4.78 is 45.3. The van der Waals surface area contributed by atoms with Crippen molar-refractivity contribution in [3.8, 4) is 5.75 Å². The van der Waals surface area contributed by atoms with Crippen LogP contribution in [0.1, 0.15) is 34.8 Å². The van der Waals surface area contributed by atoms with E-state index in [4.69, 9.17) is 4.74 Å². The molecule has 3 rings (SSSR count). The molecule has 148 valence electrons. The lowest BCUT2D eigenvalue weighted by Crippen LogP contribution is -2.30. The Morgan fingerprint density at radius 2 is 2.00 bits per heavy atom. The Morgan fingerprint density at radius 3 is 2.64 bits per heavy atom. The number of nitro groups is 1. The quantitative estimate of drug-likeness (QED) is 0.340. The summed E-state index contributed by atoms with van der Waals surface area (Å²) in [5.41, 5.74) is -0.869. The maximum absolute atomic E-state index is 13.3. The number of benzene rings is 1. The maximum atomic E-state index is 13.3. The molecule has 0 bridgehead atoms. The largest absolute Gasteiger partial charge is 0.433 e. The van der Waals surface area contributed by atoms with E-state index in [0.717, 1.165) is 0 Å². The maximum Gasteiger partial charge on any atom is 0.433 e. The fourth-order valence-electron chi connectivity index (χ4n) is 3.27. The number of rotatable bonds is 3. The first-order chi connectivity index (χ1) is 13.1. The third-order valence-electron chi connectivity index (χ3n) is 4.65. The number of ether oxygens (including phenoxy) is 1. The predicted molar refractivity (Wildman–Crippen MR) is 90.8 cm³/mol. The number of aryl methyl sites for hydroxylation is 2. The Kier molecular flexibility index (Phi) is 5.05. The van der Waals surface area contributed by atoms with Crippen molar-refractivity contribution in [3.05, 3.63) is 56.7 Å². The fourth-order valence-corrected chi connectivity index (χ4v) is 3.27. The van der Waals surface area contributed by atoms with Crippen LogP contribution < -0.4 is 4.74 Å². The molecule has 1 aliphatic carbocycles. The zero-order valence-electron chi connectivity index (χ0n) is 15.0. The van der Waals surface area contributed by atoms with E-state index in [-0.39, 0.29) is 53.3 Å². The molecule has 0 radical (unpaired) electrons. The van der Waals surface area contributed by atoms with E-state index >= 15 is 0 Å². The summed E-state index contributed by atoms with van der Waals surface area (Å²) in [4.78, 5) is 30.5. The van der Waals surface area contributed by atoms with Crippen LogP contribution in [0.5, 0.6) is 5.75 Å². The van der Waals surface area contributed by atoms with Crippen LogP contribution in [0.3, 0.4) is 0 Å². The molecule has 0 aliphatic heterocycles. The van der Waals surface area contributed by atoms with Crippen molar-refractivity contribution in [1.82, 2.24) is 9.97 Å². The van der Waals surface area contributed by atoms with E-state index < -0.39 is 28.7 Å². The minimum Gasteiger partial charge on any atom is -0.426 e. The van der Waals surface area contributed by atoms with Gasteiger partial charge >= 0.3 is 12.1 Å². The average Bonchev–Trinajstić information content (AvgIpc) is 2.61. The number of esters is 1. The third-order valence-corrected chi connectivity index (χ3v) is 4.65. The number of alkyl halides is 3. The fraction of sp³-hybridized carbons (Fsp3) is 0.389. The molecule has 0 saturated carbocycles. The first-order valence-electron chi connectivity index (χ1n) is 8.47. The number of halogens is 3. The number of aromatic nitrogens is 2. The molecule has 0 unspecified atom stereocenters. The van der Waals surface area contributed by atoms with Gasteiger partial charge in [-0.3, -0.25) is 14.9 Å². The molecule has 7 nitrogen and oxygen atoms in total. The highest BCUT2D eigenvalue weighted by Crippen LogP contribution is 2.36. The van der Waals surface area contributed by atoms with E-state index in [0.29, 0.717) is 0 Å². The highest BCUT2D eigenvalue weighted by atomic mass is 19.4. The summed E-state index contributed by atoms with van der Waals surface area (Å²) in [5.74, 6) is -1.51. The van der Waals surface area contributed by atoms with Crippen LogP contribution >= 0.6 is 0 Å². The minimum absolute atomic E-state index is 0.0150. The van der Waals surface area contributed by atoms with Gasteiger partial charge in [-0.05, 0) is 39.2 Å². The van der Waals surface area contributed by atoms with Crippen LogP contribution in [0.25, 0.3) is 0 Å². The zero-order chi connectivity index (χ0) is 20.6. The van der Waals surface area contributed by atoms with E-state index in [1.807, 2.05) is 0 Å². The molecular formula is C18H16F3N3O4. The zero-order valence-corrected chi connectivity index (χ0v) is 15.0. The molecular weight excluding hydrogens is 379 g/mol. The van der Waals surface area contributed by atoms with Gasteiger partial charge < -0.3 is 4.74 Å². The molecule has 1 aromatic heterocycles. The van der Waals surface area contributed by atoms with Crippen molar-refractivity contribution in [2.75, 3.05) is 0 Å². The van der Waals surface area contributed by atoms with Gasteiger partial charge in [-0.15, -0.1) is 0 Å². The van der Waals surface area contributed by atoms with Crippen LogP contribution in [-0.4, -0.2) is 20.9 Å². The van der Waals surface area contributed by atoms with Crippen molar-refractivity contribution in [1.29, 1.82) is 0 Å². The Labute approximate surface area is 157 Å². The molecule has 28 heavy (non-hydrogen) atoms. The van der Waals surface area contributed by atoms with Crippen molar-refractivity contribution < 1.29 is 27.6 Å². The van der Waals surface area contributed by atoms with E-state index in [9.17, 15) is 28.1 Å². The Hall–Kier alpha value is -3.04. The summed E-state index contributed by atoms with van der Waals surface area (Å²) in [6.45, 7) is 2.83.